The number of hydrogen-bond donors (Lipinski definition) is 1. The molecule has 0 heterocycles. The van der Waals surface area contributed by atoms with Crippen LogP contribution in [0.1, 0.15) is 26.3 Å². The van der Waals surface area contributed by atoms with E-state index in [2.05, 4.69) is 48.3 Å². The highest BCUT2D eigenvalue weighted by Crippen LogP contribution is 2.13. The van der Waals surface area contributed by atoms with Gasteiger partial charge in [-0.25, -0.2) is 0 Å². The molecule has 1 aromatic carbocycles. The molecule has 0 unspecified atom stereocenters. The zero-order valence-corrected chi connectivity index (χ0v) is 12.7. The molecular formula is C16H26N2O. The molecule has 3 heteroatoms. The van der Waals surface area contributed by atoms with E-state index in [-0.39, 0.29) is 11.8 Å². The van der Waals surface area contributed by atoms with Crippen molar-refractivity contribution in [2.24, 2.45) is 5.92 Å². The third-order valence-corrected chi connectivity index (χ3v) is 3.52. The topological polar surface area (TPSA) is 32.3 Å². The van der Waals surface area contributed by atoms with E-state index in [0.717, 1.165) is 18.7 Å². The average Bonchev–Trinajstić information content (AvgIpc) is 2.36. The van der Waals surface area contributed by atoms with E-state index in [4.69, 9.17) is 0 Å². The lowest BCUT2D eigenvalue weighted by atomic mass is 9.99. The monoisotopic (exact) mass is 262 g/mol. The highest BCUT2D eigenvalue weighted by Gasteiger charge is 2.22. The molecule has 1 aromatic rings. The van der Waals surface area contributed by atoms with Gasteiger partial charge in [-0.3, -0.25) is 9.69 Å². The van der Waals surface area contributed by atoms with Gasteiger partial charge in [0, 0.05) is 19.3 Å². The molecule has 0 radical (unpaired) electrons. The van der Waals surface area contributed by atoms with Crippen LogP contribution in [0.4, 0.5) is 5.69 Å². The highest BCUT2D eigenvalue weighted by atomic mass is 16.1. The van der Waals surface area contributed by atoms with Crippen molar-refractivity contribution in [2.45, 2.75) is 33.2 Å². The highest BCUT2D eigenvalue weighted by molar-refractivity contribution is 5.81. The second-order valence-corrected chi connectivity index (χ2v) is 5.48. The predicted octanol–water partition coefficient (Wildman–Crippen LogP) is 2.82. The molecule has 1 rings (SSSR count). The molecule has 19 heavy (non-hydrogen) atoms. The smallest absolute Gasteiger partial charge is 0.147 e. The van der Waals surface area contributed by atoms with Gasteiger partial charge < -0.3 is 5.32 Å². The maximum Gasteiger partial charge on any atom is 0.147 e. The molecule has 0 saturated carbocycles. The molecule has 0 amide bonds. The van der Waals surface area contributed by atoms with Crippen molar-refractivity contribution in [2.75, 3.05) is 26.0 Å². The second kappa shape index (κ2) is 7.29. The van der Waals surface area contributed by atoms with Crippen LogP contribution in [-0.2, 0) is 11.2 Å². The van der Waals surface area contributed by atoms with Crippen molar-refractivity contribution in [1.29, 1.82) is 0 Å². The van der Waals surface area contributed by atoms with Gasteiger partial charge in [0.05, 0.1) is 6.04 Å². The van der Waals surface area contributed by atoms with E-state index in [1.165, 1.54) is 5.56 Å². The fraction of sp³-hybridized carbons (Fsp3) is 0.562. The van der Waals surface area contributed by atoms with Gasteiger partial charge in [-0.2, -0.15) is 0 Å². The van der Waals surface area contributed by atoms with Crippen LogP contribution in [0, 0.1) is 5.92 Å². The number of carbonyl (C=O) groups is 1. The molecule has 0 saturated heterocycles. The van der Waals surface area contributed by atoms with Gasteiger partial charge in [0.2, 0.25) is 0 Å². The summed E-state index contributed by atoms with van der Waals surface area (Å²) in [6, 6.07) is 8.47. The van der Waals surface area contributed by atoms with Crippen LogP contribution < -0.4 is 5.32 Å². The molecule has 0 aliphatic carbocycles. The van der Waals surface area contributed by atoms with E-state index in [1.54, 1.807) is 6.92 Å². The molecule has 0 spiro atoms. The number of benzene rings is 1. The summed E-state index contributed by atoms with van der Waals surface area (Å²) in [5.74, 6) is 0.609. The number of rotatable bonds is 7. The number of ketones is 1. The van der Waals surface area contributed by atoms with Gasteiger partial charge in [-0.15, -0.1) is 0 Å². The van der Waals surface area contributed by atoms with Gasteiger partial charge >= 0.3 is 0 Å². The van der Waals surface area contributed by atoms with Crippen LogP contribution >= 0.6 is 0 Å². The quantitative estimate of drug-likeness (QED) is 0.820. The number of nitrogens with one attached hydrogen (secondary N) is 1. The molecule has 1 atom stereocenters. The maximum atomic E-state index is 11.7. The van der Waals surface area contributed by atoms with Crippen LogP contribution in [0.15, 0.2) is 24.3 Å². The van der Waals surface area contributed by atoms with E-state index < -0.39 is 0 Å². The van der Waals surface area contributed by atoms with Crippen molar-refractivity contribution in [3.8, 4) is 0 Å². The number of nitrogens with zero attached hydrogens (tertiary/aromatic N) is 1. The van der Waals surface area contributed by atoms with Crippen LogP contribution in [0.5, 0.6) is 0 Å². The Hall–Kier alpha value is -1.35. The Morgan fingerprint density at radius 2 is 1.84 bits per heavy atom. The summed E-state index contributed by atoms with van der Waals surface area (Å²) in [5.41, 5.74) is 2.43. The van der Waals surface area contributed by atoms with Crippen molar-refractivity contribution < 1.29 is 4.79 Å². The summed E-state index contributed by atoms with van der Waals surface area (Å²) in [6.07, 6.45) is 0.969. The zero-order valence-electron chi connectivity index (χ0n) is 12.7. The first-order valence-electron chi connectivity index (χ1n) is 6.93. The SMILES string of the molecule is CNc1ccc(CCN(C)[C@H](C(C)=O)C(C)C)cc1. The first-order valence-corrected chi connectivity index (χ1v) is 6.93. The molecule has 0 aliphatic rings. The molecule has 3 nitrogen and oxygen atoms in total. The van der Waals surface area contributed by atoms with Crippen molar-refractivity contribution >= 4 is 11.5 Å². The lowest BCUT2D eigenvalue weighted by molar-refractivity contribution is -0.123. The fourth-order valence-corrected chi connectivity index (χ4v) is 2.57. The molecule has 0 aromatic heterocycles. The Morgan fingerprint density at radius 1 is 1.26 bits per heavy atom. The first-order chi connectivity index (χ1) is 8.95. The molecular weight excluding hydrogens is 236 g/mol. The Kier molecular flexibility index (Phi) is 6.03. The summed E-state index contributed by atoms with van der Waals surface area (Å²) in [4.78, 5) is 13.8. The minimum absolute atomic E-state index is 0.0246. The normalized spacial score (nSPS) is 12.8. The summed E-state index contributed by atoms with van der Waals surface area (Å²) in [5, 5.41) is 3.11. The van der Waals surface area contributed by atoms with Crippen molar-refractivity contribution in [1.82, 2.24) is 4.90 Å². The van der Waals surface area contributed by atoms with Crippen LogP contribution in [0.3, 0.4) is 0 Å². The molecule has 0 bridgehead atoms. The first kappa shape index (κ1) is 15.7. The molecule has 106 valence electrons. The Morgan fingerprint density at radius 3 is 2.26 bits per heavy atom. The molecule has 0 aliphatic heterocycles. The van der Waals surface area contributed by atoms with Gasteiger partial charge in [-0.1, -0.05) is 26.0 Å². The van der Waals surface area contributed by atoms with Crippen LogP contribution in [0.2, 0.25) is 0 Å². The van der Waals surface area contributed by atoms with Gasteiger partial charge in [-0.05, 0) is 44.0 Å². The maximum absolute atomic E-state index is 11.7. The van der Waals surface area contributed by atoms with Gasteiger partial charge in [0.15, 0.2) is 0 Å². The summed E-state index contributed by atoms with van der Waals surface area (Å²) in [7, 11) is 3.96. The fourth-order valence-electron chi connectivity index (χ4n) is 2.57. The third kappa shape index (κ3) is 4.67. The van der Waals surface area contributed by atoms with E-state index in [0.29, 0.717) is 5.92 Å². The third-order valence-electron chi connectivity index (χ3n) is 3.52. The van der Waals surface area contributed by atoms with Crippen LogP contribution in [0.25, 0.3) is 0 Å². The number of anilines is 1. The Bertz CT molecular complexity index is 398. The van der Waals surface area contributed by atoms with Gasteiger partial charge in [0.25, 0.3) is 0 Å². The lowest BCUT2D eigenvalue weighted by Gasteiger charge is -2.29. The van der Waals surface area contributed by atoms with Crippen molar-refractivity contribution in [3.05, 3.63) is 29.8 Å². The largest absolute Gasteiger partial charge is 0.388 e. The number of likely N-dealkylation sites (N-methyl/N-ethyl adjacent to an activating group) is 1. The lowest BCUT2D eigenvalue weighted by Crippen LogP contribution is -2.42. The number of Topliss-reactive ketones (excluding diaryl/α,β-unsaturated/α-hetero) is 1. The summed E-state index contributed by atoms with van der Waals surface area (Å²) in [6.45, 7) is 6.79. The zero-order chi connectivity index (χ0) is 14.4. The summed E-state index contributed by atoms with van der Waals surface area (Å²) >= 11 is 0. The summed E-state index contributed by atoms with van der Waals surface area (Å²) < 4.78 is 0. The average molecular weight is 262 g/mol. The van der Waals surface area contributed by atoms with Crippen molar-refractivity contribution in [3.63, 3.8) is 0 Å². The van der Waals surface area contributed by atoms with Gasteiger partial charge in [0.1, 0.15) is 5.78 Å². The van der Waals surface area contributed by atoms with Crippen LogP contribution in [-0.4, -0.2) is 37.4 Å². The minimum atomic E-state index is 0.0246. The second-order valence-electron chi connectivity index (χ2n) is 5.48. The predicted molar refractivity (Wildman–Crippen MR) is 81.6 cm³/mol. The van der Waals surface area contributed by atoms with E-state index in [9.17, 15) is 4.79 Å². The Labute approximate surface area is 117 Å². The molecule has 1 N–H and O–H groups in total. The van der Waals surface area contributed by atoms with E-state index >= 15 is 0 Å². The molecule has 0 fully saturated rings. The Balaban J connectivity index is 2.56. The standard InChI is InChI=1S/C16H26N2O/c1-12(2)16(13(3)19)18(5)11-10-14-6-8-15(17-4)9-7-14/h6-9,12,16-17H,10-11H2,1-5H3/t16-/m0/s1. The number of hydrogen-bond acceptors (Lipinski definition) is 3. The van der Waals surface area contributed by atoms with E-state index in [1.807, 2.05) is 14.1 Å². The number of carbonyl (C=O) groups excluding carboxylic acids is 1. The minimum Gasteiger partial charge on any atom is -0.388 e.